The topological polar surface area (TPSA) is 70.9 Å². The van der Waals surface area contributed by atoms with E-state index in [1.165, 1.54) is 17.3 Å². The van der Waals surface area contributed by atoms with E-state index in [4.69, 9.17) is 4.42 Å². The molecule has 0 radical (unpaired) electrons. The third-order valence-electron chi connectivity index (χ3n) is 4.86. The van der Waals surface area contributed by atoms with Crippen LogP contribution in [0.2, 0.25) is 0 Å². The number of carbonyl (C=O) groups excluding carboxylic acids is 1. The Balaban J connectivity index is 1.71. The lowest BCUT2D eigenvalue weighted by Crippen LogP contribution is -2.24. The zero-order chi connectivity index (χ0) is 19.0. The highest BCUT2D eigenvalue weighted by molar-refractivity contribution is 5.95. The van der Waals surface area contributed by atoms with Gasteiger partial charge in [-0.3, -0.25) is 4.79 Å². The zero-order valence-electron chi connectivity index (χ0n) is 15.6. The lowest BCUT2D eigenvalue weighted by atomic mass is 10.0. The van der Waals surface area contributed by atoms with Crippen LogP contribution in [0.5, 0.6) is 0 Å². The molecule has 136 valence electrons. The molecular weight excluding hydrogens is 338 g/mol. The Labute approximate surface area is 157 Å². The molecule has 2 aromatic carbocycles. The van der Waals surface area contributed by atoms with Crippen LogP contribution in [0.4, 0.5) is 0 Å². The lowest BCUT2D eigenvalue weighted by Gasteiger charge is -2.07. The maximum atomic E-state index is 12.4. The van der Waals surface area contributed by atoms with E-state index >= 15 is 0 Å². The molecule has 5 heteroatoms. The van der Waals surface area contributed by atoms with Gasteiger partial charge in [0.25, 0.3) is 5.91 Å². The molecule has 5 nitrogen and oxygen atoms in total. The summed E-state index contributed by atoms with van der Waals surface area (Å²) in [4.78, 5) is 19.9. The smallest absolute Gasteiger partial charge is 0.273 e. The van der Waals surface area contributed by atoms with Gasteiger partial charge in [-0.1, -0.05) is 42.0 Å². The number of aromatic nitrogens is 2. The predicted octanol–water partition coefficient (Wildman–Crippen LogP) is 4.68. The number of fused-ring (bicyclic) bond motifs is 1. The SMILES string of the molecule is Cc1cc(CNC(=O)c2ncoc2C)c2[nH]c(-c3ccccc3)c(C)c2c1. The van der Waals surface area contributed by atoms with Gasteiger partial charge in [-0.15, -0.1) is 0 Å². The van der Waals surface area contributed by atoms with Crippen molar-refractivity contribution in [3.8, 4) is 11.3 Å². The van der Waals surface area contributed by atoms with Gasteiger partial charge in [-0.2, -0.15) is 0 Å². The molecule has 4 rings (SSSR count). The number of hydrogen-bond donors (Lipinski definition) is 2. The number of rotatable bonds is 4. The third kappa shape index (κ3) is 3.12. The molecule has 0 unspecified atom stereocenters. The fourth-order valence-electron chi connectivity index (χ4n) is 3.47. The molecule has 27 heavy (non-hydrogen) atoms. The predicted molar refractivity (Wildman–Crippen MR) is 106 cm³/mol. The van der Waals surface area contributed by atoms with Crippen molar-refractivity contribution >= 4 is 16.8 Å². The minimum absolute atomic E-state index is 0.234. The summed E-state index contributed by atoms with van der Waals surface area (Å²) in [6.07, 6.45) is 1.29. The number of nitrogens with one attached hydrogen (secondary N) is 2. The fourth-order valence-corrected chi connectivity index (χ4v) is 3.47. The van der Waals surface area contributed by atoms with Crippen LogP contribution in [0.15, 0.2) is 53.3 Å². The van der Waals surface area contributed by atoms with Crippen LogP contribution in [0.25, 0.3) is 22.2 Å². The van der Waals surface area contributed by atoms with Gasteiger partial charge >= 0.3 is 0 Å². The minimum atomic E-state index is -0.234. The van der Waals surface area contributed by atoms with Crippen molar-refractivity contribution in [1.82, 2.24) is 15.3 Å². The second kappa shape index (κ2) is 6.76. The first-order chi connectivity index (χ1) is 13.0. The summed E-state index contributed by atoms with van der Waals surface area (Å²) in [6, 6.07) is 14.6. The van der Waals surface area contributed by atoms with Crippen LogP contribution >= 0.6 is 0 Å². The standard InChI is InChI=1S/C22H21N3O2/c1-13-9-17(11-23-22(26)20-15(3)27-12-24-20)21-18(10-13)14(2)19(25-21)16-7-5-4-6-8-16/h4-10,12,25H,11H2,1-3H3,(H,23,26). The number of hydrogen-bond acceptors (Lipinski definition) is 3. The van der Waals surface area contributed by atoms with Gasteiger partial charge in [0.15, 0.2) is 12.1 Å². The Kier molecular flexibility index (Phi) is 4.28. The van der Waals surface area contributed by atoms with Crippen molar-refractivity contribution in [2.75, 3.05) is 0 Å². The summed E-state index contributed by atoms with van der Waals surface area (Å²) in [5.41, 5.74) is 7.05. The minimum Gasteiger partial charge on any atom is -0.448 e. The molecule has 0 saturated carbocycles. The molecule has 0 aliphatic rings. The van der Waals surface area contributed by atoms with E-state index in [9.17, 15) is 4.79 Å². The van der Waals surface area contributed by atoms with Crippen LogP contribution in [0.3, 0.4) is 0 Å². The van der Waals surface area contributed by atoms with E-state index in [1.54, 1.807) is 6.92 Å². The number of oxazole rings is 1. The highest BCUT2D eigenvalue weighted by Crippen LogP contribution is 2.32. The normalized spacial score (nSPS) is 11.1. The van der Waals surface area contributed by atoms with Crippen molar-refractivity contribution in [3.63, 3.8) is 0 Å². The molecule has 2 aromatic heterocycles. The molecule has 2 N–H and O–H groups in total. The van der Waals surface area contributed by atoms with Gasteiger partial charge in [0.1, 0.15) is 5.76 Å². The number of H-pyrrole nitrogens is 1. The number of nitrogens with zero attached hydrogens (tertiary/aromatic N) is 1. The summed E-state index contributed by atoms with van der Waals surface area (Å²) in [7, 11) is 0. The molecule has 1 amide bonds. The molecular formula is C22H21N3O2. The van der Waals surface area contributed by atoms with E-state index < -0.39 is 0 Å². The molecule has 4 aromatic rings. The maximum Gasteiger partial charge on any atom is 0.273 e. The van der Waals surface area contributed by atoms with Crippen molar-refractivity contribution in [3.05, 3.63) is 77.0 Å². The summed E-state index contributed by atoms with van der Waals surface area (Å²) in [6.45, 7) is 6.34. The molecule has 2 heterocycles. The first-order valence-corrected chi connectivity index (χ1v) is 8.90. The molecule has 0 saturated heterocycles. The summed E-state index contributed by atoms with van der Waals surface area (Å²) in [5.74, 6) is 0.284. The molecule has 0 bridgehead atoms. The number of carbonyl (C=O) groups is 1. The Morgan fingerprint density at radius 2 is 1.93 bits per heavy atom. The quantitative estimate of drug-likeness (QED) is 0.556. The molecule has 0 aliphatic heterocycles. The Morgan fingerprint density at radius 1 is 1.15 bits per heavy atom. The van der Waals surface area contributed by atoms with Crippen molar-refractivity contribution < 1.29 is 9.21 Å². The average Bonchev–Trinajstić information content (AvgIpc) is 3.24. The van der Waals surface area contributed by atoms with Crippen LogP contribution in [0, 0.1) is 20.8 Å². The van der Waals surface area contributed by atoms with Gasteiger partial charge in [0.05, 0.1) is 5.52 Å². The average molecular weight is 359 g/mol. The second-order valence-corrected chi connectivity index (χ2v) is 6.78. The van der Waals surface area contributed by atoms with Gasteiger partial charge < -0.3 is 14.7 Å². The number of amides is 1. The van der Waals surface area contributed by atoms with Crippen molar-refractivity contribution in [2.45, 2.75) is 27.3 Å². The number of aryl methyl sites for hydroxylation is 3. The highest BCUT2D eigenvalue weighted by Gasteiger charge is 2.16. The van der Waals surface area contributed by atoms with E-state index in [-0.39, 0.29) is 5.91 Å². The molecule has 0 spiro atoms. The first-order valence-electron chi connectivity index (χ1n) is 8.90. The van der Waals surface area contributed by atoms with Crippen LogP contribution < -0.4 is 5.32 Å². The van der Waals surface area contributed by atoms with Gasteiger partial charge in [-0.25, -0.2) is 4.98 Å². The number of aromatic amines is 1. The van der Waals surface area contributed by atoms with E-state index in [0.717, 1.165) is 27.9 Å². The molecule has 0 fully saturated rings. The van der Waals surface area contributed by atoms with Gasteiger partial charge in [0.2, 0.25) is 0 Å². The van der Waals surface area contributed by atoms with Gasteiger partial charge in [-0.05, 0) is 43.5 Å². The summed E-state index contributed by atoms with van der Waals surface area (Å²) >= 11 is 0. The van der Waals surface area contributed by atoms with Crippen LogP contribution in [-0.2, 0) is 6.54 Å². The van der Waals surface area contributed by atoms with Crippen LogP contribution in [-0.4, -0.2) is 15.9 Å². The van der Waals surface area contributed by atoms with E-state index in [1.807, 2.05) is 18.2 Å². The summed E-state index contributed by atoms with van der Waals surface area (Å²) in [5, 5.41) is 4.13. The monoisotopic (exact) mass is 359 g/mol. The number of benzene rings is 2. The lowest BCUT2D eigenvalue weighted by molar-refractivity contribution is 0.0945. The molecule has 0 aliphatic carbocycles. The second-order valence-electron chi connectivity index (χ2n) is 6.78. The highest BCUT2D eigenvalue weighted by atomic mass is 16.3. The van der Waals surface area contributed by atoms with Crippen molar-refractivity contribution in [2.24, 2.45) is 0 Å². The maximum absolute atomic E-state index is 12.4. The Hall–Kier alpha value is -3.34. The van der Waals surface area contributed by atoms with Gasteiger partial charge in [0, 0.05) is 17.6 Å². The Morgan fingerprint density at radius 3 is 2.63 bits per heavy atom. The third-order valence-corrected chi connectivity index (χ3v) is 4.86. The zero-order valence-corrected chi connectivity index (χ0v) is 15.6. The molecule has 0 atom stereocenters. The van der Waals surface area contributed by atoms with Crippen LogP contribution in [0.1, 0.15) is 32.9 Å². The summed E-state index contributed by atoms with van der Waals surface area (Å²) < 4.78 is 5.12. The van der Waals surface area contributed by atoms with E-state index in [2.05, 4.69) is 53.4 Å². The fraction of sp³-hybridized carbons (Fsp3) is 0.182. The van der Waals surface area contributed by atoms with Crippen molar-refractivity contribution in [1.29, 1.82) is 0 Å². The first kappa shape index (κ1) is 17.1. The van der Waals surface area contributed by atoms with E-state index in [0.29, 0.717) is 18.0 Å². The Bertz CT molecular complexity index is 1120. The largest absolute Gasteiger partial charge is 0.448 e.